The van der Waals surface area contributed by atoms with E-state index in [4.69, 9.17) is 4.74 Å². The van der Waals surface area contributed by atoms with Gasteiger partial charge in [-0.2, -0.15) is 5.10 Å². The monoisotopic (exact) mass is 343 g/mol. The van der Waals surface area contributed by atoms with Crippen LogP contribution >= 0.6 is 0 Å². The van der Waals surface area contributed by atoms with Crippen LogP contribution in [0.5, 0.6) is 5.75 Å². The number of aromatic hydroxyl groups is 1. The number of hydrogen-bond acceptors (Lipinski definition) is 4. The highest BCUT2D eigenvalue weighted by atomic mass is 16.5. The summed E-state index contributed by atoms with van der Waals surface area (Å²) in [6.45, 7) is 7.45. The van der Waals surface area contributed by atoms with E-state index < -0.39 is 0 Å². The predicted octanol–water partition coefficient (Wildman–Crippen LogP) is 3.20. The molecule has 2 heterocycles. The lowest BCUT2D eigenvalue weighted by atomic mass is 9.92. The normalized spacial score (nSPS) is 19.6. The van der Waals surface area contributed by atoms with Gasteiger partial charge in [-0.1, -0.05) is 0 Å². The molecule has 1 aromatic carbocycles. The fourth-order valence-corrected chi connectivity index (χ4v) is 3.40. The van der Waals surface area contributed by atoms with E-state index in [2.05, 4.69) is 24.0 Å². The molecule has 1 aliphatic rings. The Balaban J connectivity index is 1.78. The number of amides is 1. The van der Waals surface area contributed by atoms with Crippen molar-refractivity contribution in [2.75, 3.05) is 13.2 Å². The summed E-state index contributed by atoms with van der Waals surface area (Å²) in [6.07, 6.45) is 1.67. The Hall–Kier alpha value is -2.34. The maximum atomic E-state index is 13.0. The Morgan fingerprint density at radius 1 is 1.40 bits per heavy atom. The Bertz CT molecular complexity index is 737. The molecule has 2 aromatic rings. The number of aromatic amines is 1. The molecule has 134 valence electrons. The number of rotatable bonds is 4. The van der Waals surface area contributed by atoms with Gasteiger partial charge >= 0.3 is 0 Å². The second-order valence-electron chi connectivity index (χ2n) is 7.06. The quantitative estimate of drug-likeness (QED) is 0.893. The molecule has 0 unspecified atom stereocenters. The fraction of sp³-hybridized carbons (Fsp3) is 0.474. The zero-order chi connectivity index (χ0) is 18.0. The molecule has 0 spiro atoms. The Morgan fingerprint density at radius 2 is 2.12 bits per heavy atom. The Morgan fingerprint density at radius 3 is 2.76 bits per heavy atom. The fourth-order valence-electron chi connectivity index (χ4n) is 3.40. The summed E-state index contributed by atoms with van der Waals surface area (Å²) in [4.78, 5) is 14.9. The number of carbonyl (C=O) groups excluding carboxylic acids is 1. The van der Waals surface area contributed by atoms with Crippen molar-refractivity contribution in [1.82, 2.24) is 15.1 Å². The smallest absolute Gasteiger partial charge is 0.272 e. The van der Waals surface area contributed by atoms with Gasteiger partial charge in [0.2, 0.25) is 0 Å². The van der Waals surface area contributed by atoms with Crippen LogP contribution in [0.3, 0.4) is 0 Å². The van der Waals surface area contributed by atoms with Gasteiger partial charge < -0.3 is 14.7 Å². The van der Waals surface area contributed by atoms with E-state index in [1.54, 1.807) is 30.3 Å². The molecule has 1 aromatic heterocycles. The van der Waals surface area contributed by atoms with Crippen LogP contribution in [0, 0.1) is 0 Å². The second kappa shape index (κ2) is 6.88. The SMILES string of the molecule is CCN(C(=O)c1cc(-c2ccc(O)cc2)n[nH]1)[C@@H]1CCOC(C)(C)C1. The number of carbonyl (C=O) groups is 1. The van der Waals surface area contributed by atoms with Crippen molar-refractivity contribution >= 4 is 5.91 Å². The van der Waals surface area contributed by atoms with Crippen molar-refractivity contribution in [1.29, 1.82) is 0 Å². The van der Waals surface area contributed by atoms with Gasteiger partial charge in [0.05, 0.1) is 11.3 Å². The van der Waals surface area contributed by atoms with Gasteiger partial charge in [-0.25, -0.2) is 0 Å². The third kappa shape index (κ3) is 3.85. The van der Waals surface area contributed by atoms with Gasteiger partial charge in [0.1, 0.15) is 11.4 Å². The number of H-pyrrole nitrogens is 1. The molecule has 0 radical (unpaired) electrons. The van der Waals surface area contributed by atoms with Crippen molar-refractivity contribution in [2.45, 2.75) is 45.3 Å². The topological polar surface area (TPSA) is 78.5 Å². The van der Waals surface area contributed by atoms with Crippen LogP contribution in [-0.4, -0.2) is 50.9 Å². The molecule has 25 heavy (non-hydrogen) atoms. The van der Waals surface area contributed by atoms with Crippen LogP contribution in [-0.2, 0) is 4.74 Å². The maximum Gasteiger partial charge on any atom is 0.272 e. The molecule has 6 nitrogen and oxygen atoms in total. The van der Waals surface area contributed by atoms with Crippen LogP contribution in [0.15, 0.2) is 30.3 Å². The average Bonchev–Trinajstić information content (AvgIpc) is 3.05. The number of benzene rings is 1. The summed E-state index contributed by atoms with van der Waals surface area (Å²) >= 11 is 0. The third-order valence-electron chi connectivity index (χ3n) is 4.68. The highest BCUT2D eigenvalue weighted by Crippen LogP contribution is 2.28. The molecule has 6 heteroatoms. The summed E-state index contributed by atoms with van der Waals surface area (Å²) in [5.74, 6) is 0.164. The lowest BCUT2D eigenvalue weighted by molar-refractivity contribution is -0.0777. The average molecular weight is 343 g/mol. The predicted molar refractivity (Wildman–Crippen MR) is 95.5 cm³/mol. The number of phenols is 1. The van der Waals surface area contributed by atoms with Crippen LogP contribution in [0.25, 0.3) is 11.3 Å². The number of phenolic OH excluding ortho intramolecular Hbond substituents is 1. The minimum absolute atomic E-state index is 0.0391. The van der Waals surface area contributed by atoms with Gasteiger partial charge in [-0.15, -0.1) is 0 Å². The zero-order valence-electron chi connectivity index (χ0n) is 15.0. The van der Waals surface area contributed by atoms with Gasteiger partial charge in [0.25, 0.3) is 5.91 Å². The minimum Gasteiger partial charge on any atom is -0.508 e. The number of ether oxygens (including phenoxy) is 1. The van der Waals surface area contributed by atoms with Gasteiger partial charge in [0.15, 0.2) is 0 Å². The van der Waals surface area contributed by atoms with E-state index in [-0.39, 0.29) is 23.3 Å². The summed E-state index contributed by atoms with van der Waals surface area (Å²) in [5, 5.41) is 16.5. The largest absolute Gasteiger partial charge is 0.508 e. The molecular formula is C19H25N3O3. The molecule has 1 aliphatic heterocycles. The molecule has 1 atom stereocenters. The molecule has 0 saturated carbocycles. The van der Waals surface area contributed by atoms with E-state index in [0.29, 0.717) is 24.5 Å². The second-order valence-corrected chi connectivity index (χ2v) is 7.06. The number of aromatic nitrogens is 2. The first-order valence-corrected chi connectivity index (χ1v) is 8.69. The first-order valence-electron chi connectivity index (χ1n) is 8.69. The van der Waals surface area contributed by atoms with Crippen LogP contribution in [0.2, 0.25) is 0 Å². The number of nitrogens with zero attached hydrogens (tertiary/aromatic N) is 2. The van der Waals surface area contributed by atoms with E-state index in [1.807, 2.05) is 11.8 Å². The molecule has 1 amide bonds. The van der Waals surface area contributed by atoms with Crippen molar-refractivity contribution in [3.05, 3.63) is 36.0 Å². The number of hydrogen-bond donors (Lipinski definition) is 2. The van der Waals surface area contributed by atoms with Crippen molar-refractivity contribution in [3.8, 4) is 17.0 Å². The lowest BCUT2D eigenvalue weighted by Crippen LogP contribution is -2.48. The minimum atomic E-state index is -0.207. The first-order chi connectivity index (χ1) is 11.9. The summed E-state index contributed by atoms with van der Waals surface area (Å²) < 4.78 is 5.77. The van der Waals surface area contributed by atoms with E-state index >= 15 is 0 Å². The van der Waals surface area contributed by atoms with Crippen LogP contribution < -0.4 is 0 Å². The summed E-state index contributed by atoms with van der Waals surface area (Å²) in [6, 6.07) is 8.70. The van der Waals surface area contributed by atoms with Crippen molar-refractivity contribution in [3.63, 3.8) is 0 Å². The Kier molecular flexibility index (Phi) is 4.81. The maximum absolute atomic E-state index is 13.0. The van der Waals surface area contributed by atoms with Crippen molar-refractivity contribution in [2.24, 2.45) is 0 Å². The van der Waals surface area contributed by atoms with Crippen LogP contribution in [0.1, 0.15) is 44.1 Å². The molecule has 0 aliphatic carbocycles. The first kappa shape index (κ1) is 17.5. The van der Waals surface area contributed by atoms with E-state index in [1.165, 1.54) is 0 Å². The lowest BCUT2D eigenvalue weighted by Gasteiger charge is -2.40. The Labute approximate surface area is 147 Å². The molecule has 2 N–H and O–H groups in total. The standard InChI is InChI=1S/C19H25N3O3/c1-4-22(14-9-10-25-19(2,3)12-14)18(24)17-11-16(20-21-17)13-5-7-15(23)8-6-13/h5-8,11,14,23H,4,9-10,12H2,1-3H3,(H,20,21)/t14-/m1/s1. The van der Waals surface area contributed by atoms with Gasteiger partial charge in [0, 0.05) is 24.8 Å². The van der Waals surface area contributed by atoms with Gasteiger partial charge in [-0.05, 0) is 63.9 Å². The highest BCUT2D eigenvalue weighted by Gasteiger charge is 2.34. The zero-order valence-corrected chi connectivity index (χ0v) is 15.0. The number of nitrogens with one attached hydrogen (secondary N) is 1. The van der Waals surface area contributed by atoms with Crippen molar-refractivity contribution < 1.29 is 14.6 Å². The van der Waals surface area contributed by atoms with E-state index in [0.717, 1.165) is 18.4 Å². The molecule has 1 saturated heterocycles. The molecule has 1 fully saturated rings. The highest BCUT2D eigenvalue weighted by molar-refractivity contribution is 5.93. The molecular weight excluding hydrogens is 318 g/mol. The van der Waals surface area contributed by atoms with Gasteiger partial charge in [-0.3, -0.25) is 9.89 Å². The van der Waals surface area contributed by atoms with E-state index in [9.17, 15) is 9.90 Å². The summed E-state index contributed by atoms with van der Waals surface area (Å²) in [5.41, 5.74) is 1.81. The van der Waals surface area contributed by atoms with Crippen LogP contribution in [0.4, 0.5) is 0 Å². The third-order valence-corrected chi connectivity index (χ3v) is 4.68. The molecule has 3 rings (SSSR count). The molecule has 0 bridgehead atoms. The summed E-state index contributed by atoms with van der Waals surface area (Å²) in [7, 11) is 0.